The first kappa shape index (κ1) is 19.8. The van der Waals surface area contributed by atoms with Crippen molar-refractivity contribution in [3.8, 4) is 0 Å². The maximum Gasteiger partial charge on any atom is 1.00 e. The first-order valence-electron chi connectivity index (χ1n) is 6.51. The third kappa shape index (κ3) is 10.2. The Kier molecular flexibility index (Phi) is 8.07. The number of nitrogens with one attached hydrogen (secondary N) is 1. The summed E-state index contributed by atoms with van der Waals surface area (Å²) < 4.78 is 30.4. The van der Waals surface area contributed by atoms with Gasteiger partial charge in [0.05, 0.1) is 15.9 Å². The van der Waals surface area contributed by atoms with Crippen molar-refractivity contribution >= 4 is 10.1 Å². The Labute approximate surface area is 139 Å². The summed E-state index contributed by atoms with van der Waals surface area (Å²) in [4.78, 5) is 0. The molecule has 0 bridgehead atoms. The van der Waals surface area contributed by atoms with Crippen LogP contribution in [0.3, 0.4) is 0 Å². The van der Waals surface area contributed by atoms with Crippen LogP contribution in [0.4, 0.5) is 0 Å². The predicted octanol–water partition coefficient (Wildman–Crippen LogP) is -2.33. The van der Waals surface area contributed by atoms with Gasteiger partial charge in [-0.15, -0.1) is 0 Å². The Morgan fingerprint density at radius 2 is 1.68 bits per heavy atom. The summed E-state index contributed by atoms with van der Waals surface area (Å²) in [5, 5.41) is 2.90. The molecule has 2 fully saturated rings. The van der Waals surface area contributed by atoms with Crippen LogP contribution in [0.5, 0.6) is 0 Å². The van der Waals surface area contributed by atoms with E-state index in [1.54, 1.807) is 0 Å². The van der Waals surface area contributed by atoms with Crippen molar-refractivity contribution in [2.45, 2.75) is 51.6 Å². The maximum atomic E-state index is 10.1. The molecule has 0 radical (unpaired) electrons. The molecular weight excluding hydrogens is 275 g/mol. The van der Waals surface area contributed by atoms with Crippen molar-refractivity contribution in [2.75, 3.05) is 12.3 Å². The minimum absolute atomic E-state index is 0. The Morgan fingerprint density at radius 3 is 1.95 bits per heavy atom. The molecule has 2 atom stereocenters. The fourth-order valence-corrected chi connectivity index (χ4v) is 2.66. The van der Waals surface area contributed by atoms with Gasteiger partial charge in [-0.05, 0) is 51.9 Å². The molecule has 2 unspecified atom stereocenters. The quantitative estimate of drug-likeness (QED) is 0.450. The minimum atomic E-state index is -4.06. The number of nitrogens with two attached hydrogens (primary N) is 1. The monoisotopic (exact) mass is 300 g/mol. The number of rotatable bonds is 3. The molecule has 0 amide bonds. The van der Waals surface area contributed by atoms with Crippen molar-refractivity contribution in [3.05, 3.63) is 0 Å². The Balaban J connectivity index is 0.000000345. The van der Waals surface area contributed by atoms with Crippen LogP contribution in [-0.2, 0) is 10.1 Å². The second-order valence-corrected chi connectivity index (χ2v) is 7.95. The van der Waals surface area contributed by atoms with E-state index in [1.807, 2.05) is 20.8 Å². The topological polar surface area (TPSA) is 95.2 Å². The average Bonchev–Trinajstić information content (AvgIpc) is 2.70. The van der Waals surface area contributed by atoms with Gasteiger partial charge in [0.2, 0.25) is 0 Å². The largest absolute Gasteiger partial charge is 1.00 e. The normalized spacial score (nSPS) is 28.8. The molecule has 0 heterocycles. The van der Waals surface area contributed by atoms with E-state index >= 15 is 0 Å². The smallest absolute Gasteiger partial charge is 0.748 e. The van der Waals surface area contributed by atoms with Gasteiger partial charge in [-0.3, -0.25) is 0 Å². The molecule has 0 aliphatic heterocycles. The molecule has 7 heteroatoms. The average molecular weight is 300 g/mol. The van der Waals surface area contributed by atoms with Gasteiger partial charge in [0.1, 0.15) is 0 Å². The van der Waals surface area contributed by atoms with Crippen LogP contribution in [0, 0.1) is 11.8 Å². The number of hydrogen-bond donors (Lipinski definition) is 2. The molecule has 2 rings (SSSR count). The summed E-state index contributed by atoms with van der Waals surface area (Å²) in [7, 11) is -4.06. The molecule has 0 saturated heterocycles. The van der Waals surface area contributed by atoms with Crippen LogP contribution < -0.4 is 40.6 Å². The van der Waals surface area contributed by atoms with Gasteiger partial charge in [-0.25, -0.2) is 8.42 Å². The fourth-order valence-electron chi connectivity index (χ4n) is 2.31. The van der Waals surface area contributed by atoms with Crippen molar-refractivity contribution in [1.29, 1.82) is 0 Å². The molecule has 108 valence electrons. The molecule has 2 aliphatic carbocycles. The van der Waals surface area contributed by atoms with Gasteiger partial charge in [-0.1, -0.05) is 0 Å². The standard InChI is InChI=1S/C6H15NO3S.C6H11N.Na/c1-6(2,3)7-4-5-11(8,9)10;7-6-2-4-1-5(4)3-6;/h7H,4-5H2,1-3H3,(H,8,9,10);4-6H,1-3,7H2;/q;;+1/p-1. The predicted molar refractivity (Wildman–Crippen MR) is 71.1 cm³/mol. The molecule has 0 spiro atoms. The Bertz CT molecular complexity index is 358. The van der Waals surface area contributed by atoms with Crippen LogP contribution in [0.25, 0.3) is 0 Å². The summed E-state index contributed by atoms with van der Waals surface area (Å²) in [5.41, 5.74) is 5.52. The zero-order chi connectivity index (χ0) is 14.0. The van der Waals surface area contributed by atoms with Crippen LogP contribution in [0.2, 0.25) is 0 Å². The molecule has 5 nitrogen and oxygen atoms in total. The Morgan fingerprint density at radius 1 is 1.21 bits per heavy atom. The zero-order valence-corrected chi connectivity index (χ0v) is 15.3. The van der Waals surface area contributed by atoms with Gasteiger partial charge in [-0.2, -0.15) is 0 Å². The molecule has 2 saturated carbocycles. The van der Waals surface area contributed by atoms with Crippen molar-refractivity contribution < 1.29 is 42.5 Å². The van der Waals surface area contributed by atoms with E-state index in [2.05, 4.69) is 5.32 Å². The van der Waals surface area contributed by atoms with E-state index in [0.717, 1.165) is 11.8 Å². The zero-order valence-electron chi connectivity index (χ0n) is 12.5. The summed E-state index contributed by atoms with van der Waals surface area (Å²) >= 11 is 0. The molecule has 0 aromatic heterocycles. The first-order valence-corrected chi connectivity index (χ1v) is 8.09. The maximum absolute atomic E-state index is 10.1. The van der Waals surface area contributed by atoms with Crippen molar-refractivity contribution in [2.24, 2.45) is 17.6 Å². The first-order chi connectivity index (χ1) is 8.07. The summed E-state index contributed by atoms with van der Waals surface area (Å²) in [6.07, 6.45) is 4.14. The summed E-state index contributed by atoms with van der Waals surface area (Å²) in [5.74, 6) is 1.79. The summed E-state index contributed by atoms with van der Waals surface area (Å²) in [6.45, 7) is 5.94. The second-order valence-electron chi connectivity index (χ2n) is 6.43. The minimum Gasteiger partial charge on any atom is -0.748 e. The summed E-state index contributed by atoms with van der Waals surface area (Å²) in [6, 6.07) is 0.573. The van der Waals surface area contributed by atoms with Crippen LogP contribution >= 0.6 is 0 Å². The molecule has 19 heavy (non-hydrogen) atoms. The SMILES string of the molecule is CC(C)(C)NCCS(=O)(=O)[O-].NC1CC2CC2C1.[Na+]. The molecular formula is C12H25N2NaO3S. The fraction of sp³-hybridized carbons (Fsp3) is 1.00. The van der Waals surface area contributed by atoms with Crippen molar-refractivity contribution in [3.63, 3.8) is 0 Å². The van der Waals surface area contributed by atoms with Gasteiger partial charge >= 0.3 is 29.6 Å². The molecule has 0 aromatic rings. The van der Waals surface area contributed by atoms with Gasteiger partial charge < -0.3 is 15.6 Å². The second kappa shape index (κ2) is 7.73. The van der Waals surface area contributed by atoms with E-state index in [0.29, 0.717) is 6.04 Å². The van der Waals surface area contributed by atoms with Crippen molar-refractivity contribution in [1.82, 2.24) is 5.32 Å². The van der Waals surface area contributed by atoms with Gasteiger partial charge in [0.15, 0.2) is 0 Å². The van der Waals surface area contributed by atoms with Crippen LogP contribution in [-0.4, -0.2) is 36.8 Å². The van der Waals surface area contributed by atoms with E-state index in [-0.39, 0.29) is 47.4 Å². The van der Waals surface area contributed by atoms with E-state index in [9.17, 15) is 13.0 Å². The van der Waals surface area contributed by atoms with E-state index in [1.165, 1.54) is 19.3 Å². The molecule has 2 aliphatic rings. The van der Waals surface area contributed by atoms with Gasteiger partial charge in [0, 0.05) is 18.1 Å². The third-order valence-electron chi connectivity index (χ3n) is 3.29. The Hall–Kier alpha value is 0.830. The van der Waals surface area contributed by atoms with Crippen LogP contribution in [0.1, 0.15) is 40.0 Å². The number of hydrogen-bond acceptors (Lipinski definition) is 5. The van der Waals surface area contributed by atoms with E-state index in [4.69, 9.17) is 5.73 Å². The van der Waals surface area contributed by atoms with Gasteiger partial charge in [0.25, 0.3) is 0 Å². The number of fused-ring (bicyclic) bond motifs is 1. The van der Waals surface area contributed by atoms with E-state index < -0.39 is 10.1 Å². The molecule has 3 N–H and O–H groups in total. The third-order valence-corrected chi connectivity index (χ3v) is 3.99. The van der Waals surface area contributed by atoms with Crippen LogP contribution in [0.15, 0.2) is 0 Å². The molecule has 0 aromatic carbocycles.